The predicted molar refractivity (Wildman–Crippen MR) is 139 cm³/mol. The van der Waals surface area contributed by atoms with Crippen molar-refractivity contribution in [3.05, 3.63) is 103 Å². The van der Waals surface area contributed by atoms with Crippen molar-refractivity contribution in [2.75, 3.05) is 6.61 Å². The van der Waals surface area contributed by atoms with Crippen LogP contribution in [-0.2, 0) is 9.31 Å². The van der Waals surface area contributed by atoms with E-state index in [4.69, 9.17) is 9.31 Å². The van der Waals surface area contributed by atoms with Gasteiger partial charge in [-0.2, -0.15) is 0 Å². The molecular formula is C30H25BO2. The second kappa shape index (κ2) is 7.88. The lowest BCUT2D eigenvalue weighted by atomic mass is 9.77. The topological polar surface area (TPSA) is 18.5 Å². The summed E-state index contributed by atoms with van der Waals surface area (Å²) in [5.41, 5.74) is 5.73. The molecule has 33 heavy (non-hydrogen) atoms. The van der Waals surface area contributed by atoms with Gasteiger partial charge in [0, 0.05) is 0 Å². The molecule has 6 rings (SSSR count). The van der Waals surface area contributed by atoms with Gasteiger partial charge >= 0.3 is 7.12 Å². The highest BCUT2D eigenvalue weighted by Gasteiger charge is 2.38. The van der Waals surface area contributed by atoms with Crippen LogP contribution in [0.25, 0.3) is 43.8 Å². The van der Waals surface area contributed by atoms with Gasteiger partial charge < -0.3 is 9.31 Å². The van der Waals surface area contributed by atoms with Crippen LogP contribution in [0.2, 0.25) is 0 Å². The molecule has 160 valence electrons. The van der Waals surface area contributed by atoms with E-state index in [2.05, 4.69) is 117 Å². The summed E-state index contributed by atoms with van der Waals surface area (Å²) in [4.78, 5) is 0. The smallest absolute Gasteiger partial charge is 0.404 e. The van der Waals surface area contributed by atoms with Gasteiger partial charge in [0.25, 0.3) is 0 Å². The molecule has 1 aliphatic heterocycles. The first-order valence-electron chi connectivity index (χ1n) is 11.5. The van der Waals surface area contributed by atoms with Crippen molar-refractivity contribution < 1.29 is 9.31 Å². The second-order valence-corrected chi connectivity index (χ2v) is 9.35. The maximum absolute atomic E-state index is 6.16. The summed E-state index contributed by atoms with van der Waals surface area (Å²) in [7, 11) is -0.332. The largest absolute Gasteiger partial charge is 0.494 e. The van der Waals surface area contributed by atoms with E-state index in [-0.39, 0.29) is 12.7 Å². The SMILES string of the molecule is CC1(C)COB(c2cccc(-c3c4ccccc4c(-c4ccccc4)c4ccccc34)c2)O1. The summed E-state index contributed by atoms with van der Waals surface area (Å²) < 4.78 is 12.1. The van der Waals surface area contributed by atoms with E-state index < -0.39 is 0 Å². The van der Waals surface area contributed by atoms with Crippen molar-refractivity contribution in [3.8, 4) is 22.3 Å². The summed E-state index contributed by atoms with van der Waals surface area (Å²) >= 11 is 0. The van der Waals surface area contributed by atoms with Gasteiger partial charge in [-0.15, -0.1) is 0 Å². The predicted octanol–water partition coefficient (Wildman–Crippen LogP) is 6.85. The third-order valence-electron chi connectivity index (χ3n) is 6.45. The first kappa shape index (κ1) is 20.2. The molecule has 3 heteroatoms. The van der Waals surface area contributed by atoms with E-state index in [0.717, 1.165) is 5.46 Å². The summed E-state index contributed by atoms with van der Waals surface area (Å²) in [6.45, 7) is 4.74. The maximum Gasteiger partial charge on any atom is 0.494 e. The van der Waals surface area contributed by atoms with Gasteiger partial charge in [-0.25, -0.2) is 0 Å². The van der Waals surface area contributed by atoms with Crippen LogP contribution in [0.15, 0.2) is 103 Å². The maximum atomic E-state index is 6.16. The lowest BCUT2D eigenvalue weighted by Crippen LogP contribution is -2.34. The van der Waals surface area contributed by atoms with E-state index in [0.29, 0.717) is 6.61 Å². The van der Waals surface area contributed by atoms with Crippen LogP contribution in [0.1, 0.15) is 13.8 Å². The Labute approximate surface area is 194 Å². The normalized spacial score (nSPS) is 15.4. The molecule has 0 spiro atoms. The van der Waals surface area contributed by atoms with Crippen molar-refractivity contribution in [1.29, 1.82) is 0 Å². The fourth-order valence-electron chi connectivity index (χ4n) is 4.99. The molecule has 0 bridgehead atoms. The Bertz CT molecular complexity index is 1420. The van der Waals surface area contributed by atoms with Gasteiger partial charge in [0.15, 0.2) is 0 Å². The van der Waals surface area contributed by atoms with E-state index in [1.807, 2.05) is 0 Å². The van der Waals surface area contributed by atoms with Gasteiger partial charge in [-0.1, -0.05) is 103 Å². The van der Waals surface area contributed by atoms with Crippen molar-refractivity contribution in [1.82, 2.24) is 0 Å². The zero-order valence-corrected chi connectivity index (χ0v) is 18.9. The Morgan fingerprint density at radius 3 is 1.67 bits per heavy atom. The van der Waals surface area contributed by atoms with Crippen LogP contribution >= 0.6 is 0 Å². The number of hydrogen-bond acceptors (Lipinski definition) is 2. The molecule has 0 N–H and O–H groups in total. The average molecular weight is 428 g/mol. The molecule has 0 unspecified atom stereocenters. The average Bonchev–Trinajstić information content (AvgIpc) is 3.22. The summed E-state index contributed by atoms with van der Waals surface area (Å²) in [6.07, 6.45) is 0. The van der Waals surface area contributed by atoms with Gasteiger partial charge in [0.1, 0.15) is 0 Å². The van der Waals surface area contributed by atoms with Crippen LogP contribution in [-0.4, -0.2) is 19.3 Å². The lowest BCUT2D eigenvalue weighted by molar-refractivity contribution is 0.137. The molecule has 0 radical (unpaired) electrons. The summed E-state index contributed by atoms with van der Waals surface area (Å²) in [5, 5.41) is 5.02. The zero-order chi connectivity index (χ0) is 22.4. The van der Waals surface area contributed by atoms with Crippen molar-refractivity contribution in [3.63, 3.8) is 0 Å². The Kier molecular flexibility index (Phi) is 4.83. The van der Waals surface area contributed by atoms with Gasteiger partial charge in [0.2, 0.25) is 0 Å². The standard InChI is InChI=1S/C30H25BO2/c1-30(2)20-32-31(33-30)23-14-10-13-22(19-23)29-26-17-8-6-15-24(26)28(21-11-4-3-5-12-21)25-16-7-9-18-27(25)29/h3-19H,20H2,1-2H3. The monoisotopic (exact) mass is 428 g/mol. The minimum Gasteiger partial charge on any atom is -0.404 e. The van der Waals surface area contributed by atoms with Crippen molar-refractivity contribution in [2.24, 2.45) is 0 Å². The molecular weight excluding hydrogens is 403 g/mol. The molecule has 1 saturated heterocycles. The summed E-state index contributed by atoms with van der Waals surface area (Å²) in [5.74, 6) is 0. The Morgan fingerprint density at radius 2 is 1.12 bits per heavy atom. The number of benzene rings is 5. The molecule has 0 aromatic heterocycles. The third kappa shape index (κ3) is 3.54. The second-order valence-electron chi connectivity index (χ2n) is 9.35. The first-order chi connectivity index (χ1) is 16.1. The number of hydrogen-bond donors (Lipinski definition) is 0. The minimum absolute atomic E-state index is 0.266. The highest BCUT2D eigenvalue weighted by Crippen LogP contribution is 2.43. The fraction of sp³-hybridized carbons (Fsp3) is 0.133. The summed E-state index contributed by atoms with van der Waals surface area (Å²) in [6, 6.07) is 36.8. The zero-order valence-electron chi connectivity index (χ0n) is 18.9. The van der Waals surface area contributed by atoms with Gasteiger partial charge in [0.05, 0.1) is 12.2 Å². The van der Waals surface area contributed by atoms with E-state index in [9.17, 15) is 0 Å². The molecule has 0 amide bonds. The highest BCUT2D eigenvalue weighted by molar-refractivity contribution is 6.62. The number of fused-ring (bicyclic) bond motifs is 2. The van der Waals surface area contributed by atoms with Crippen LogP contribution in [0.3, 0.4) is 0 Å². The van der Waals surface area contributed by atoms with Crippen LogP contribution in [0.4, 0.5) is 0 Å². The van der Waals surface area contributed by atoms with Crippen LogP contribution in [0, 0.1) is 0 Å². The van der Waals surface area contributed by atoms with Gasteiger partial charge in [-0.3, -0.25) is 0 Å². The van der Waals surface area contributed by atoms with Crippen LogP contribution in [0.5, 0.6) is 0 Å². The number of rotatable bonds is 3. The molecule has 0 saturated carbocycles. The van der Waals surface area contributed by atoms with Gasteiger partial charge in [-0.05, 0) is 63.1 Å². The molecule has 5 aromatic carbocycles. The molecule has 1 heterocycles. The molecule has 2 nitrogen and oxygen atoms in total. The highest BCUT2D eigenvalue weighted by atomic mass is 16.7. The first-order valence-corrected chi connectivity index (χ1v) is 11.5. The Morgan fingerprint density at radius 1 is 0.606 bits per heavy atom. The van der Waals surface area contributed by atoms with E-state index >= 15 is 0 Å². The van der Waals surface area contributed by atoms with Crippen molar-refractivity contribution >= 4 is 34.1 Å². The lowest BCUT2D eigenvalue weighted by Gasteiger charge is -2.18. The fourth-order valence-corrected chi connectivity index (χ4v) is 4.99. The van der Waals surface area contributed by atoms with Crippen molar-refractivity contribution in [2.45, 2.75) is 19.4 Å². The molecule has 5 aromatic rings. The van der Waals surface area contributed by atoms with E-state index in [1.165, 1.54) is 43.8 Å². The Hall–Kier alpha value is -3.40. The third-order valence-corrected chi connectivity index (χ3v) is 6.45. The van der Waals surface area contributed by atoms with E-state index in [1.54, 1.807) is 0 Å². The molecule has 1 aliphatic rings. The quantitative estimate of drug-likeness (QED) is 0.231. The minimum atomic E-state index is -0.332. The molecule has 1 fully saturated rings. The Balaban J connectivity index is 1.63. The molecule has 0 aliphatic carbocycles. The van der Waals surface area contributed by atoms with Crippen LogP contribution < -0.4 is 5.46 Å². The molecule has 0 atom stereocenters.